The van der Waals surface area contributed by atoms with Gasteiger partial charge in [-0.1, -0.05) is 0 Å². The SMILES string of the molecule is Cc1c(C=O)ccc2c1cc(C#N)n2CC(O)C1CCN(C(=O)OC(C)(C)C)CC1. The molecule has 160 valence electrons. The summed E-state index contributed by atoms with van der Waals surface area (Å²) in [6.45, 7) is 8.76. The van der Waals surface area contributed by atoms with Crippen LogP contribution in [-0.2, 0) is 11.3 Å². The second-order valence-corrected chi connectivity index (χ2v) is 8.95. The lowest BCUT2D eigenvalue weighted by Gasteiger charge is -2.35. The summed E-state index contributed by atoms with van der Waals surface area (Å²) in [5, 5.41) is 21.3. The van der Waals surface area contributed by atoms with Gasteiger partial charge in [0.2, 0.25) is 0 Å². The average Bonchev–Trinajstić information content (AvgIpc) is 3.05. The fourth-order valence-corrected chi connectivity index (χ4v) is 4.04. The molecular formula is C23H29N3O4. The molecule has 2 heterocycles. The van der Waals surface area contributed by atoms with Gasteiger partial charge in [0.1, 0.15) is 23.7 Å². The minimum Gasteiger partial charge on any atom is -0.444 e. The van der Waals surface area contributed by atoms with Crippen LogP contribution in [0.25, 0.3) is 10.9 Å². The van der Waals surface area contributed by atoms with E-state index in [4.69, 9.17) is 4.74 Å². The Bertz CT molecular complexity index is 989. The molecule has 0 spiro atoms. The van der Waals surface area contributed by atoms with Gasteiger partial charge < -0.3 is 19.3 Å². The number of benzene rings is 1. The average molecular weight is 412 g/mol. The third-order valence-corrected chi connectivity index (χ3v) is 5.74. The summed E-state index contributed by atoms with van der Waals surface area (Å²) in [6, 6.07) is 7.54. The van der Waals surface area contributed by atoms with Crippen molar-refractivity contribution in [3.63, 3.8) is 0 Å². The molecule has 1 aliphatic rings. The van der Waals surface area contributed by atoms with Crippen LogP contribution in [0.2, 0.25) is 0 Å². The molecule has 1 aromatic heterocycles. The van der Waals surface area contributed by atoms with Crippen LogP contribution in [0.1, 0.15) is 55.2 Å². The van der Waals surface area contributed by atoms with Gasteiger partial charge in [-0.25, -0.2) is 4.79 Å². The Hall–Kier alpha value is -2.85. The van der Waals surface area contributed by atoms with Crippen LogP contribution < -0.4 is 0 Å². The number of piperidine rings is 1. The van der Waals surface area contributed by atoms with Gasteiger partial charge >= 0.3 is 6.09 Å². The van der Waals surface area contributed by atoms with E-state index >= 15 is 0 Å². The number of nitriles is 1. The van der Waals surface area contributed by atoms with Gasteiger partial charge in [0.25, 0.3) is 0 Å². The molecule has 0 aliphatic carbocycles. The zero-order chi connectivity index (χ0) is 22.1. The maximum absolute atomic E-state index is 12.2. The number of nitrogens with zero attached hydrogens (tertiary/aromatic N) is 3. The molecule has 1 aromatic carbocycles. The molecule has 7 nitrogen and oxygen atoms in total. The smallest absolute Gasteiger partial charge is 0.410 e. The van der Waals surface area contributed by atoms with Gasteiger partial charge in [-0.15, -0.1) is 0 Å². The molecule has 7 heteroatoms. The van der Waals surface area contributed by atoms with Crippen molar-refractivity contribution in [3.05, 3.63) is 35.0 Å². The van der Waals surface area contributed by atoms with Crippen molar-refractivity contribution >= 4 is 23.3 Å². The van der Waals surface area contributed by atoms with E-state index in [9.17, 15) is 20.0 Å². The lowest BCUT2D eigenvalue weighted by molar-refractivity contribution is 0.00580. The molecule has 1 aliphatic heterocycles. The Kier molecular flexibility index (Phi) is 6.18. The lowest BCUT2D eigenvalue weighted by Crippen LogP contribution is -2.44. The summed E-state index contributed by atoms with van der Waals surface area (Å²) < 4.78 is 7.25. The molecule has 30 heavy (non-hydrogen) atoms. The van der Waals surface area contributed by atoms with Crippen LogP contribution in [0.15, 0.2) is 18.2 Å². The molecule has 3 rings (SSSR count). The molecule has 2 aromatic rings. The molecule has 0 radical (unpaired) electrons. The third kappa shape index (κ3) is 4.49. The predicted octanol–water partition coefficient (Wildman–Crippen LogP) is 3.64. The molecule has 1 unspecified atom stereocenters. The first-order chi connectivity index (χ1) is 14.1. The molecule has 0 bridgehead atoms. The number of carbonyl (C=O) groups is 2. The van der Waals surface area contributed by atoms with Crippen LogP contribution in [-0.4, -0.2) is 51.7 Å². The number of aliphatic hydroxyl groups excluding tert-OH is 1. The summed E-state index contributed by atoms with van der Waals surface area (Å²) in [5.74, 6) is 0.0306. The van der Waals surface area contributed by atoms with Crippen LogP contribution in [0.5, 0.6) is 0 Å². The topological polar surface area (TPSA) is 95.6 Å². The summed E-state index contributed by atoms with van der Waals surface area (Å²) in [7, 11) is 0. The van der Waals surface area contributed by atoms with E-state index in [0.717, 1.165) is 22.8 Å². The number of ether oxygens (including phenoxy) is 1. The molecular weight excluding hydrogens is 382 g/mol. The molecule has 1 atom stereocenters. The number of amides is 1. The Balaban J connectivity index is 1.71. The molecule has 0 saturated carbocycles. The van der Waals surface area contributed by atoms with Gasteiger partial charge in [-0.05, 0) is 70.2 Å². The predicted molar refractivity (Wildman–Crippen MR) is 113 cm³/mol. The number of likely N-dealkylation sites (tertiary alicyclic amines) is 1. The lowest BCUT2D eigenvalue weighted by atomic mass is 9.91. The van der Waals surface area contributed by atoms with Gasteiger partial charge in [0, 0.05) is 29.6 Å². The number of aliphatic hydroxyl groups is 1. The highest BCUT2D eigenvalue weighted by molar-refractivity contribution is 5.92. The second kappa shape index (κ2) is 8.49. The minimum atomic E-state index is -0.639. The van der Waals surface area contributed by atoms with E-state index in [1.54, 1.807) is 17.0 Å². The van der Waals surface area contributed by atoms with E-state index in [2.05, 4.69) is 6.07 Å². The van der Waals surface area contributed by atoms with E-state index in [0.29, 0.717) is 43.7 Å². The van der Waals surface area contributed by atoms with Crippen LogP contribution in [0.4, 0.5) is 4.79 Å². The maximum atomic E-state index is 12.2. The van der Waals surface area contributed by atoms with E-state index in [-0.39, 0.29) is 12.0 Å². The monoisotopic (exact) mass is 411 g/mol. The number of aryl methyl sites for hydroxylation is 1. The van der Waals surface area contributed by atoms with Crippen molar-refractivity contribution in [1.29, 1.82) is 5.26 Å². The Morgan fingerprint density at radius 1 is 1.37 bits per heavy atom. The van der Waals surface area contributed by atoms with Gasteiger partial charge in [0.15, 0.2) is 0 Å². The molecule has 1 amide bonds. The Morgan fingerprint density at radius 3 is 2.60 bits per heavy atom. The van der Waals surface area contributed by atoms with Crippen LogP contribution >= 0.6 is 0 Å². The highest BCUT2D eigenvalue weighted by Crippen LogP contribution is 2.28. The normalized spacial score (nSPS) is 16.3. The van der Waals surface area contributed by atoms with Gasteiger partial charge in [-0.2, -0.15) is 5.26 Å². The third-order valence-electron chi connectivity index (χ3n) is 5.74. The summed E-state index contributed by atoms with van der Waals surface area (Å²) in [5.41, 5.74) is 2.19. The number of rotatable bonds is 4. The first-order valence-corrected chi connectivity index (χ1v) is 10.3. The number of carbonyl (C=O) groups excluding carboxylic acids is 2. The number of hydrogen-bond acceptors (Lipinski definition) is 5. The van der Waals surface area contributed by atoms with Gasteiger partial charge in [0.05, 0.1) is 12.6 Å². The standard InChI is InChI=1S/C23H29N3O4/c1-15-17(14-27)5-6-20-19(15)11-18(12-24)26(20)13-21(28)16-7-9-25(10-8-16)22(29)30-23(2,3)4/h5-6,11,14,16,21,28H,7-10,13H2,1-4H3. The van der Waals surface area contributed by atoms with Crippen molar-refractivity contribution in [2.75, 3.05) is 13.1 Å². The Morgan fingerprint density at radius 2 is 2.03 bits per heavy atom. The highest BCUT2D eigenvalue weighted by atomic mass is 16.6. The fourth-order valence-electron chi connectivity index (χ4n) is 4.04. The summed E-state index contributed by atoms with van der Waals surface area (Å²) in [4.78, 5) is 25.1. The first kappa shape index (κ1) is 21.8. The molecule has 1 saturated heterocycles. The number of aldehydes is 1. The quantitative estimate of drug-likeness (QED) is 0.775. The highest BCUT2D eigenvalue weighted by Gasteiger charge is 2.30. The van der Waals surface area contributed by atoms with Crippen molar-refractivity contribution in [2.24, 2.45) is 5.92 Å². The van der Waals surface area contributed by atoms with E-state index in [1.165, 1.54) is 0 Å². The number of aromatic nitrogens is 1. The van der Waals surface area contributed by atoms with Crippen LogP contribution in [0, 0.1) is 24.2 Å². The molecule has 1 N–H and O–H groups in total. The van der Waals surface area contributed by atoms with Crippen molar-refractivity contribution in [1.82, 2.24) is 9.47 Å². The zero-order valence-electron chi connectivity index (χ0n) is 18.0. The fraction of sp³-hybridized carbons (Fsp3) is 0.522. The maximum Gasteiger partial charge on any atom is 0.410 e. The number of fused-ring (bicyclic) bond motifs is 1. The summed E-state index contributed by atoms with van der Waals surface area (Å²) >= 11 is 0. The van der Waals surface area contributed by atoms with Crippen LogP contribution in [0.3, 0.4) is 0 Å². The van der Waals surface area contributed by atoms with Crippen molar-refractivity contribution in [2.45, 2.75) is 58.8 Å². The Labute approximate surface area is 176 Å². The minimum absolute atomic E-state index is 0.0306. The number of hydrogen-bond donors (Lipinski definition) is 1. The van der Waals surface area contributed by atoms with Crippen molar-refractivity contribution < 1.29 is 19.4 Å². The van der Waals surface area contributed by atoms with Crippen molar-refractivity contribution in [3.8, 4) is 6.07 Å². The second-order valence-electron chi connectivity index (χ2n) is 8.95. The zero-order valence-corrected chi connectivity index (χ0v) is 18.0. The summed E-state index contributed by atoms with van der Waals surface area (Å²) in [6.07, 6.45) is 1.21. The van der Waals surface area contributed by atoms with E-state index in [1.807, 2.05) is 38.3 Å². The van der Waals surface area contributed by atoms with Gasteiger partial charge in [-0.3, -0.25) is 4.79 Å². The first-order valence-electron chi connectivity index (χ1n) is 10.3. The largest absolute Gasteiger partial charge is 0.444 e. The van der Waals surface area contributed by atoms with E-state index < -0.39 is 11.7 Å². The molecule has 1 fully saturated rings.